The van der Waals surface area contributed by atoms with Gasteiger partial charge in [-0.1, -0.05) is 40.9 Å². The fourth-order valence-electron chi connectivity index (χ4n) is 8.64. The van der Waals surface area contributed by atoms with E-state index in [1.807, 2.05) is 14.0 Å². The largest absolute Gasteiger partial charge is 0.493 e. The van der Waals surface area contributed by atoms with E-state index in [2.05, 4.69) is 27.3 Å². The Hall–Kier alpha value is -3.56. The molecule has 5 aliphatic rings. The van der Waals surface area contributed by atoms with Gasteiger partial charge in [0.15, 0.2) is 29.8 Å². The van der Waals surface area contributed by atoms with E-state index >= 15 is 0 Å². The maximum atomic E-state index is 13.8. The maximum absolute atomic E-state index is 13.8. The number of carbonyl (C=O) groups is 3. The zero-order valence-electron chi connectivity index (χ0n) is 30.7. The van der Waals surface area contributed by atoms with E-state index in [4.69, 9.17) is 72.7 Å². The predicted octanol–water partition coefficient (Wildman–Crippen LogP) is 4.97. The summed E-state index contributed by atoms with van der Waals surface area (Å²) in [6, 6.07) is 0.615. The highest BCUT2D eigenvalue weighted by atomic mass is 35.6. The lowest BCUT2D eigenvalue weighted by Crippen LogP contribution is -2.69. The number of rotatable bonds is 7. The average Bonchev–Trinajstić information content (AvgIpc) is 3.62. The number of hydrogen-bond acceptors (Lipinski definition) is 15. The third-order valence-corrected chi connectivity index (χ3v) is 12.3. The Morgan fingerprint density at radius 3 is 2.51 bits per heavy atom. The third-order valence-electron chi connectivity index (χ3n) is 10.6. The van der Waals surface area contributed by atoms with Crippen molar-refractivity contribution in [2.75, 3.05) is 53.8 Å². The van der Waals surface area contributed by atoms with Gasteiger partial charge in [0.1, 0.15) is 31.0 Å². The number of alkyl carbamates (subject to hydrolysis) is 1. The summed E-state index contributed by atoms with van der Waals surface area (Å²) in [7, 11) is 5.09. The number of benzene rings is 2. The first-order valence-electron chi connectivity index (χ1n) is 17.3. The number of alkyl halides is 3. The van der Waals surface area contributed by atoms with Crippen LogP contribution in [0.15, 0.2) is 6.07 Å². The molecule has 7 rings (SSSR count). The van der Waals surface area contributed by atoms with E-state index in [0.29, 0.717) is 46.1 Å². The fraction of sp³-hybridized carbons (Fsp3) is 0.556. The van der Waals surface area contributed by atoms with Gasteiger partial charge in [-0.2, -0.15) is 5.26 Å². The van der Waals surface area contributed by atoms with E-state index in [9.17, 15) is 19.6 Å². The number of thioether (sulfide) groups is 1. The Bertz CT molecular complexity index is 1960. The number of halogens is 3. The highest BCUT2D eigenvalue weighted by Crippen LogP contribution is 2.64. The molecule has 19 heteroatoms. The lowest BCUT2D eigenvalue weighted by atomic mass is 9.71. The van der Waals surface area contributed by atoms with Crippen molar-refractivity contribution in [3.8, 4) is 34.8 Å². The Kier molecular flexibility index (Phi) is 11.1. The molecular formula is C36H39Cl3N4O11S. The van der Waals surface area contributed by atoms with Crippen LogP contribution in [0.5, 0.6) is 28.7 Å². The van der Waals surface area contributed by atoms with Gasteiger partial charge < -0.3 is 43.2 Å². The Morgan fingerprint density at radius 2 is 1.84 bits per heavy atom. The van der Waals surface area contributed by atoms with Crippen LogP contribution in [0.4, 0.5) is 4.79 Å². The van der Waals surface area contributed by atoms with Gasteiger partial charge in [0, 0.05) is 54.1 Å². The number of nitriles is 1. The van der Waals surface area contributed by atoms with E-state index in [0.717, 1.165) is 16.7 Å². The van der Waals surface area contributed by atoms with Gasteiger partial charge in [0.25, 0.3) is 0 Å². The Balaban J connectivity index is 1.46. The number of likely N-dealkylation sites (N-methyl/N-ethyl adjacent to an activating group) is 1. The van der Waals surface area contributed by atoms with Crippen LogP contribution in [-0.4, -0.2) is 110 Å². The summed E-state index contributed by atoms with van der Waals surface area (Å²) in [4.78, 5) is 43.8. The first-order chi connectivity index (χ1) is 26.2. The summed E-state index contributed by atoms with van der Waals surface area (Å²) in [5.74, 6) is 0.798. The number of nitrogens with zero attached hydrogens (tertiary/aromatic N) is 3. The summed E-state index contributed by atoms with van der Waals surface area (Å²) in [6.07, 6.45) is -0.492. The minimum absolute atomic E-state index is 0.0397. The number of methoxy groups -OCH3 is 2. The second kappa shape index (κ2) is 15.4. The molecule has 55 heavy (non-hydrogen) atoms. The zero-order valence-corrected chi connectivity index (χ0v) is 33.8. The number of nitrogens with one attached hydrogen (secondary N) is 1. The molecule has 7 atom stereocenters. The second-order valence-corrected chi connectivity index (χ2v) is 17.5. The van der Waals surface area contributed by atoms with Gasteiger partial charge in [-0.3, -0.25) is 14.6 Å². The molecular weight excluding hydrogens is 803 g/mol. The Morgan fingerprint density at radius 1 is 1.09 bits per heavy atom. The number of amides is 1. The van der Waals surface area contributed by atoms with Crippen molar-refractivity contribution >= 4 is 64.6 Å². The van der Waals surface area contributed by atoms with E-state index in [1.54, 1.807) is 14.0 Å². The molecule has 2 aromatic carbocycles. The van der Waals surface area contributed by atoms with Crippen molar-refractivity contribution in [3.63, 3.8) is 0 Å². The molecule has 0 aliphatic carbocycles. The summed E-state index contributed by atoms with van der Waals surface area (Å²) < 4.78 is 45.0. The molecule has 1 amide bonds. The molecule has 0 radical (unpaired) electrons. The molecule has 2 saturated heterocycles. The van der Waals surface area contributed by atoms with Crippen LogP contribution in [0.1, 0.15) is 57.6 Å². The van der Waals surface area contributed by atoms with E-state index < -0.39 is 63.9 Å². The molecule has 2 unspecified atom stereocenters. The first-order valence-corrected chi connectivity index (χ1v) is 19.5. The third kappa shape index (κ3) is 6.96. The van der Waals surface area contributed by atoms with Crippen LogP contribution in [-0.2, 0) is 30.2 Å². The van der Waals surface area contributed by atoms with E-state index in [-0.39, 0.29) is 37.7 Å². The van der Waals surface area contributed by atoms with Gasteiger partial charge in [-0.25, -0.2) is 9.59 Å². The number of hydrogen-bond donors (Lipinski definition) is 1. The molecule has 15 nitrogen and oxygen atoms in total. The minimum Gasteiger partial charge on any atom is -0.493 e. The molecule has 0 spiro atoms. The Labute approximate surface area is 336 Å². The molecule has 4 bridgehead atoms. The van der Waals surface area contributed by atoms with Crippen LogP contribution in [0.3, 0.4) is 0 Å². The molecule has 1 N–H and O–H groups in total. The van der Waals surface area contributed by atoms with Gasteiger partial charge in [0.2, 0.25) is 10.6 Å². The zero-order chi connectivity index (χ0) is 39.5. The van der Waals surface area contributed by atoms with Crippen LogP contribution in [0.2, 0.25) is 0 Å². The predicted molar refractivity (Wildman–Crippen MR) is 199 cm³/mol. The molecule has 0 saturated carbocycles. The highest BCUT2D eigenvalue weighted by molar-refractivity contribution is 7.99. The number of piperazine rings is 1. The van der Waals surface area contributed by atoms with Crippen molar-refractivity contribution in [1.29, 1.82) is 5.26 Å². The van der Waals surface area contributed by atoms with Gasteiger partial charge in [-0.05, 0) is 38.4 Å². The van der Waals surface area contributed by atoms with Crippen molar-refractivity contribution in [2.24, 2.45) is 0 Å². The average molecular weight is 842 g/mol. The molecule has 2 aromatic rings. The number of aryl methyl sites for hydroxylation is 1. The number of ether oxygens (including phenoxy) is 8. The highest BCUT2D eigenvalue weighted by Gasteiger charge is 2.61. The molecule has 5 aliphatic heterocycles. The summed E-state index contributed by atoms with van der Waals surface area (Å²) in [5.41, 5.74) is 4.45. The topological polar surface area (TPSA) is 167 Å². The quantitative estimate of drug-likeness (QED) is 0.172. The molecule has 0 aromatic heterocycles. The normalized spacial score (nSPS) is 26.8. The first kappa shape index (κ1) is 39.7. The van der Waals surface area contributed by atoms with Gasteiger partial charge >= 0.3 is 18.0 Å². The van der Waals surface area contributed by atoms with Crippen LogP contribution < -0.4 is 29.0 Å². The SMILES string of the molecule is COCOc1c(OC)c(C)cc2c1[C@H]1C3[C@@H]4SCC(NC(=O)OCC(Cl)(Cl)Cl)C(=O)OC[C@H](c5c6c(c(C)c(OC(C)=O)c54)OCO6)N3[C@@H](C#N)[C@H](C2)N1C. The molecule has 5 heterocycles. The van der Waals surface area contributed by atoms with Crippen LogP contribution in [0.25, 0.3) is 0 Å². The molecule has 296 valence electrons. The second-order valence-electron chi connectivity index (χ2n) is 13.8. The standard InChI is InChI=1S/C36H39Cl3N4O11S/c1-15-7-18-8-20-21(9-40)43-22-10-49-34(45)19(41-35(46)50-12-36(37,38)39)11-55-33(25-24(22)32-30(52-14-53-32)16(2)29(25)54-17(3)44)27(43)26(42(20)4)23(18)31(28(15)48-6)51-13-47-5/h7,19-22,26-27,33H,8,10-14H2,1-6H3,(H,41,46)/t19?,20-,21-,22+,26-,27?,33+/m0/s1. The van der Waals surface area contributed by atoms with Gasteiger partial charge in [-0.15, -0.1) is 11.8 Å². The fourth-order valence-corrected chi connectivity index (χ4v) is 10.3. The lowest BCUT2D eigenvalue weighted by molar-refractivity contribution is -0.151. The van der Waals surface area contributed by atoms with Crippen molar-refractivity contribution in [3.05, 3.63) is 39.4 Å². The van der Waals surface area contributed by atoms with Crippen molar-refractivity contribution in [2.45, 2.75) is 72.5 Å². The monoisotopic (exact) mass is 840 g/mol. The smallest absolute Gasteiger partial charge is 0.408 e. The van der Waals surface area contributed by atoms with Crippen molar-refractivity contribution in [1.82, 2.24) is 15.1 Å². The minimum atomic E-state index is -1.88. The summed E-state index contributed by atoms with van der Waals surface area (Å²) in [5, 5.41) is 13.0. The van der Waals surface area contributed by atoms with E-state index in [1.165, 1.54) is 25.8 Å². The number of carbonyl (C=O) groups excluding carboxylic acids is 3. The number of fused-ring (bicyclic) bond motifs is 9. The maximum Gasteiger partial charge on any atom is 0.408 e. The lowest BCUT2D eigenvalue weighted by Gasteiger charge is -2.61. The van der Waals surface area contributed by atoms with Crippen molar-refractivity contribution < 1.29 is 52.3 Å². The van der Waals surface area contributed by atoms with Crippen LogP contribution in [0, 0.1) is 25.2 Å². The number of esters is 2. The van der Waals surface area contributed by atoms with Gasteiger partial charge in [0.05, 0.1) is 30.5 Å². The summed E-state index contributed by atoms with van der Waals surface area (Å²) >= 11 is 18.7. The number of cyclic esters (lactones) is 1. The molecule has 2 fully saturated rings. The summed E-state index contributed by atoms with van der Waals surface area (Å²) in [6.45, 7) is 4.06. The van der Waals surface area contributed by atoms with Crippen LogP contribution >= 0.6 is 46.6 Å².